The quantitative estimate of drug-likeness (QED) is 0.115. The van der Waals surface area contributed by atoms with Gasteiger partial charge in [-0.25, -0.2) is 0 Å². The zero-order valence-corrected chi connectivity index (χ0v) is 34.3. The summed E-state index contributed by atoms with van der Waals surface area (Å²) < 4.78 is 24.4. The molecule has 6 fully saturated rings. The number of rotatable bonds is 10. The SMILES string of the molecule is CC(C)=CCC[C@@](C)(O)C1CC[C@]2(C)C1[C@H](O)C[C@@H]1[C@@]3(C)CC[C@H](O[C@@H]4O[C@H](CO)[C@@H](O)[C@H](O)[C@H]4O[C@@H]4O[C@H](CO)[C@@H](O)[C@H](O)[C@H]4O)C(C)(C)[C@@H]3CC[C@]12C. The van der Waals surface area contributed by atoms with Crippen LogP contribution < -0.4 is 0 Å². The predicted octanol–water partition coefficient (Wildman–Crippen LogP) is 2.15. The van der Waals surface area contributed by atoms with Gasteiger partial charge in [-0.05, 0) is 124 Å². The highest BCUT2D eigenvalue weighted by molar-refractivity contribution is 5.20. The van der Waals surface area contributed by atoms with Crippen molar-refractivity contribution in [3.8, 4) is 0 Å². The molecule has 55 heavy (non-hydrogen) atoms. The Kier molecular flexibility index (Phi) is 12.5. The summed E-state index contributed by atoms with van der Waals surface area (Å²) in [5.74, 6) is 0.445. The van der Waals surface area contributed by atoms with Gasteiger partial charge >= 0.3 is 0 Å². The van der Waals surface area contributed by atoms with Crippen LogP contribution in [0.4, 0.5) is 0 Å². The van der Waals surface area contributed by atoms with Gasteiger partial charge in [0.25, 0.3) is 0 Å². The number of allylic oxidation sites excluding steroid dienone is 2. The maximum absolute atomic E-state index is 12.2. The molecule has 2 unspecified atom stereocenters. The zero-order chi connectivity index (χ0) is 40.6. The first-order chi connectivity index (χ1) is 25.6. The molecule has 0 aromatic carbocycles. The van der Waals surface area contributed by atoms with E-state index in [-0.39, 0.29) is 39.9 Å². The molecule has 9 N–H and O–H groups in total. The second kappa shape index (κ2) is 15.7. The Bertz CT molecular complexity index is 1370. The molecule has 0 amide bonds. The summed E-state index contributed by atoms with van der Waals surface area (Å²) in [5.41, 5.74) is -0.405. The number of aliphatic hydroxyl groups excluding tert-OH is 8. The average Bonchev–Trinajstić information content (AvgIpc) is 3.50. The van der Waals surface area contributed by atoms with Gasteiger partial charge in [-0.2, -0.15) is 0 Å². The highest BCUT2D eigenvalue weighted by Crippen LogP contribution is 2.76. The Hall–Kier alpha value is -0.780. The molecule has 2 saturated heterocycles. The van der Waals surface area contributed by atoms with Gasteiger partial charge in [0.15, 0.2) is 12.6 Å². The van der Waals surface area contributed by atoms with Crippen LogP contribution in [-0.2, 0) is 18.9 Å². The van der Waals surface area contributed by atoms with Crippen molar-refractivity contribution < 1.29 is 64.9 Å². The maximum atomic E-state index is 12.2. The van der Waals surface area contributed by atoms with Crippen LogP contribution in [0.25, 0.3) is 0 Å². The Morgan fingerprint density at radius 1 is 0.727 bits per heavy atom. The zero-order valence-electron chi connectivity index (χ0n) is 34.3. The van der Waals surface area contributed by atoms with Crippen molar-refractivity contribution in [1.82, 2.24) is 0 Å². The lowest BCUT2D eigenvalue weighted by molar-refractivity contribution is -0.378. The molecule has 6 rings (SSSR count). The van der Waals surface area contributed by atoms with Gasteiger partial charge in [-0.3, -0.25) is 0 Å². The topological polar surface area (TPSA) is 219 Å². The van der Waals surface area contributed by atoms with Crippen molar-refractivity contribution in [2.24, 2.45) is 45.3 Å². The van der Waals surface area contributed by atoms with Crippen molar-refractivity contribution in [2.75, 3.05) is 13.2 Å². The lowest BCUT2D eigenvalue weighted by atomic mass is 9.35. The van der Waals surface area contributed by atoms with Gasteiger partial charge in [0.1, 0.15) is 48.8 Å². The molecular formula is C42H72O13. The molecule has 318 valence electrons. The van der Waals surface area contributed by atoms with Gasteiger partial charge in [-0.1, -0.05) is 46.3 Å². The largest absolute Gasteiger partial charge is 0.394 e. The van der Waals surface area contributed by atoms with Crippen LogP contribution in [0.1, 0.15) is 113 Å². The molecule has 0 radical (unpaired) electrons. The fourth-order valence-electron chi connectivity index (χ4n) is 13.3. The van der Waals surface area contributed by atoms with Gasteiger partial charge in [0, 0.05) is 0 Å². The molecule has 2 aliphatic heterocycles. The summed E-state index contributed by atoms with van der Waals surface area (Å²) in [5, 5.41) is 97.4. The fraction of sp³-hybridized carbons (Fsp3) is 0.952. The predicted molar refractivity (Wildman–Crippen MR) is 201 cm³/mol. The highest BCUT2D eigenvalue weighted by Gasteiger charge is 2.71. The molecule has 4 saturated carbocycles. The summed E-state index contributed by atoms with van der Waals surface area (Å²) >= 11 is 0. The number of ether oxygens (including phenoxy) is 4. The molecule has 0 aromatic rings. The molecule has 6 aliphatic rings. The van der Waals surface area contributed by atoms with Crippen molar-refractivity contribution in [1.29, 1.82) is 0 Å². The van der Waals surface area contributed by atoms with E-state index in [9.17, 15) is 46.0 Å². The van der Waals surface area contributed by atoms with Gasteiger partial charge in [0.05, 0.1) is 31.0 Å². The highest BCUT2D eigenvalue weighted by atomic mass is 16.8. The Morgan fingerprint density at radius 2 is 1.33 bits per heavy atom. The lowest BCUT2D eigenvalue weighted by Gasteiger charge is -2.70. The van der Waals surface area contributed by atoms with Crippen LogP contribution in [0, 0.1) is 45.3 Å². The number of aliphatic hydroxyl groups is 9. The standard InChI is InChI=1S/C42H72O13/c1-21(2)10-9-14-42(8,51)22-11-16-41(7)29(22)23(45)18-27-39(5)15-13-28(38(3,4)26(39)12-17-40(27,41)6)54-37-35(33(49)31(47)25(20-44)53-37)55-36-34(50)32(48)30(46)24(19-43)52-36/h10,22-37,43-51H,9,11-20H2,1-8H3/t22?,23-,24-,25-,26+,27-,28+,29?,30-,31-,32+,33+,34-,35-,36+,37+,39+,40-,41-,42-/m1/s1. The van der Waals surface area contributed by atoms with E-state index in [0.717, 1.165) is 38.5 Å². The van der Waals surface area contributed by atoms with Crippen LogP contribution in [0.15, 0.2) is 11.6 Å². The first-order valence-corrected chi connectivity index (χ1v) is 20.9. The van der Waals surface area contributed by atoms with Gasteiger partial charge in [-0.15, -0.1) is 0 Å². The van der Waals surface area contributed by atoms with E-state index in [0.29, 0.717) is 19.3 Å². The third kappa shape index (κ3) is 7.20. The Labute approximate surface area is 327 Å². The van der Waals surface area contributed by atoms with E-state index in [1.54, 1.807) is 0 Å². The van der Waals surface area contributed by atoms with E-state index in [2.05, 4.69) is 54.5 Å². The summed E-state index contributed by atoms with van der Waals surface area (Å²) in [6, 6.07) is 0. The number of hydrogen-bond donors (Lipinski definition) is 9. The number of fused-ring (bicyclic) bond motifs is 5. The van der Waals surface area contributed by atoms with Crippen molar-refractivity contribution in [3.63, 3.8) is 0 Å². The summed E-state index contributed by atoms with van der Waals surface area (Å²) in [4.78, 5) is 0. The smallest absolute Gasteiger partial charge is 0.187 e. The minimum absolute atomic E-state index is 0.00798. The minimum atomic E-state index is -1.75. The van der Waals surface area contributed by atoms with E-state index in [1.807, 2.05) is 6.92 Å². The molecule has 0 bridgehead atoms. The molecule has 2 heterocycles. The molecule has 0 aromatic heterocycles. The normalized spacial score (nSPS) is 52.0. The number of hydrogen-bond acceptors (Lipinski definition) is 13. The average molecular weight is 785 g/mol. The van der Waals surface area contributed by atoms with Crippen molar-refractivity contribution in [2.45, 2.75) is 192 Å². The van der Waals surface area contributed by atoms with Crippen molar-refractivity contribution >= 4 is 0 Å². The molecule has 13 nitrogen and oxygen atoms in total. The molecule has 13 heteroatoms. The van der Waals surface area contributed by atoms with E-state index in [4.69, 9.17) is 18.9 Å². The minimum Gasteiger partial charge on any atom is -0.394 e. The second-order valence-corrected chi connectivity index (χ2v) is 20.1. The first-order valence-electron chi connectivity index (χ1n) is 20.9. The van der Waals surface area contributed by atoms with Crippen molar-refractivity contribution in [3.05, 3.63) is 11.6 Å². The second-order valence-electron chi connectivity index (χ2n) is 20.1. The summed E-state index contributed by atoms with van der Waals surface area (Å²) in [7, 11) is 0. The fourth-order valence-corrected chi connectivity index (χ4v) is 13.3. The monoisotopic (exact) mass is 784 g/mol. The molecule has 4 aliphatic carbocycles. The third-order valence-electron chi connectivity index (χ3n) is 16.6. The van der Waals surface area contributed by atoms with Crippen LogP contribution in [0.5, 0.6) is 0 Å². The lowest BCUT2D eigenvalue weighted by Crippen LogP contribution is -2.68. The van der Waals surface area contributed by atoms with Crippen LogP contribution >= 0.6 is 0 Å². The van der Waals surface area contributed by atoms with Crippen LogP contribution in [0.3, 0.4) is 0 Å². The first kappa shape index (κ1) is 43.8. The van der Waals surface area contributed by atoms with Crippen LogP contribution in [-0.4, -0.2) is 138 Å². The van der Waals surface area contributed by atoms with E-state index >= 15 is 0 Å². The van der Waals surface area contributed by atoms with E-state index in [1.165, 1.54) is 5.57 Å². The molecule has 0 spiro atoms. The molecule has 20 atom stereocenters. The summed E-state index contributed by atoms with van der Waals surface area (Å²) in [6.07, 6.45) is -6.48. The third-order valence-corrected chi connectivity index (χ3v) is 16.6. The Morgan fingerprint density at radius 3 is 1.95 bits per heavy atom. The summed E-state index contributed by atoms with van der Waals surface area (Å²) in [6.45, 7) is 16.5. The van der Waals surface area contributed by atoms with E-state index < -0.39 is 97.8 Å². The maximum Gasteiger partial charge on any atom is 0.187 e. The Balaban J connectivity index is 1.23. The van der Waals surface area contributed by atoms with Gasteiger partial charge in [0.2, 0.25) is 0 Å². The van der Waals surface area contributed by atoms with Crippen LogP contribution in [0.2, 0.25) is 0 Å². The van der Waals surface area contributed by atoms with Gasteiger partial charge < -0.3 is 64.9 Å². The molecular weight excluding hydrogens is 712 g/mol.